The number of rotatable bonds is 2. The SMILES string of the molecule is CO[C@H]1/C=C/O[C@@]2(C)Oc3c(C)c(O)c4c(c3C2=O)C(=O)C(Br)=C(NC(=O)/C(C)=C\C=C\[C@H](C)[C@H](O)[C@@H](C)[C@@H](O)[C@@H](C)[C@H](OC(C)=O)[C@@H]1C)C4=O. The summed E-state index contributed by atoms with van der Waals surface area (Å²) in [5.41, 5.74) is -1.45. The van der Waals surface area contributed by atoms with Gasteiger partial charge < -0.3 is 39.6 Å². The Morgan fingerprint density at radius 3 is 2.20 bits per heavy atom. The van der Waals surface area contributed by atoms with Gasteiger partial charge in [0.15, 0.2) is 0 Å². The molecule has 13 nitrogen and oxygen atoms in total. The summed E-state index contributed by atoms with van der Waals surface area (Å²) >= 11 is 3.12. The fourth-order valence-corrected chi connectivity index (χ4v) is 7.13. The first kappa shape index (κ1) is 39.7. The Morgan fingerprint density at radius 2 is 1.59 bits per heavy atom. The summed E-state index contributed by atoms with van der Waals surface area (Å²) in [5.74, 6) is -9.18. The minimum Gasteiger partial charge on any atom is -0.507 e. The van der Waals surface area contributed by atoms with Crippen molar-refractivity contribution >= 4 is 45.2 Å². The van der Waals surface area contributed by atoms with Gasteiger partial charge in [-0.25, -0.2) is 0 Å². The number of hydrogen-bond acceptors (Lipinski definition) is 12. The highest BCUT2D eigenvalue weighted by atomic mass is 79.9. The molecule has 5 bridgehead atoms. The number of benzene rings is 1. The number of halogens is 1. The first-order chi connectivity index (χ1) is 23.8. The molecule has 0 spiro atoms. The van der Waals surface area contributed by atoms with Crippen LogP contribution in [0.25, 0.3) is 0 Å². The Kier molecular flexibility index (Phi) is 11.9. The molecule has 3 heterocycles. The Labute approximate surface area is 304 Å². The molecule has 0 radical (unpaired) electrons. The second-order valence-electron chi connectivity index (χ2n) is 13.5. The van der Waals surface area contributed by atoms with Gasteiger partial charge in [-0.3, -0.25) is 24.0 Å². The van der Waals surface area contributed by atoms with Crippen LogP contribution in [-0.2, 0) is 23.8 Å². The van der Waals surface area contributed by atoms with E-state index >= 15 is 0 Å². The van der Waals surface area contributed by atoms with Crippen LogP contribution >= 0.6 is 15.9 Å². The van der Waals surface area contributed by atoms with E-state index in [1.54, 1.807) is 39.8 Å². The molecule has 4 N–H and O–H groups in total. The molecule has 1 aliphatic carbocycles. The fraction of sp³-hybridized carbons (Fsp3) is 0.486. The Hall–Kier alpha value is -4.11. The van der Waals surface area contributed by atoms with Crippen LogP contribution in [0.4, 0.5) is 0 Å². The van der Waals surface area contributed by atoms with Crippen LogP contribution in [0, 0.1) is 30.6 Å². The maximum absolute atomic E-state index is 14.0. The van der Waals surface area contributed by atoms with E-state index in [2.05, 4.69) is 21.2 Å². The number of methoxy groups -OCH3 is 1. The highest BCUT2D eigenvalue weighted by Crippen LogP contribution is 2.49. The van der Waals surface area contributed by atoms with Gasteiger partial charge in [-0.2, -0.15) is 0 Å². The van der Waals surface area contributed by atoms with Crippen molar-refractivity contribution in [1.82, 2.24) is 5.32 Å². The van der Waals surface area contributed by atoms with Gasteiger partial charge in [0.05, 0.1) is 45.7 Å². The zero-order valence-corrected chi connectivity index (χ0v) is 31.5. The lowest BCUT2D eigenvalue weighted by atomic mass is 9.78. The van der Waals surface area contributed by atoms with Crippen molar-refractivity contribution in [3.8, 4) is 11.5 Å². The molecule has 1 amide bonds. The number of esters is 1. The Morgan fingerprint density at radius 1 is 0.941 bits per heavy atom. The maximum atomic E-state index is 14.0. The normalized spacial score (nSPS) is 34.2. The third-order valence-electron chi connectivity index (χ3n) is 9.90. The van der Waals surface area contributed by atoms with Gasteiger partial charge in [-0.05, 0) is 35.9 Å². The van der Waals surface area contributed by atoms with Crippen molar-refractivity contribution in [1.29, 1.82) is 0 Å². The summed E-state index contributed by atoms with van der Waals surface area (Å²) in [7, 11) is 1.42. The molecule has 0 saturated heterocycles. The molecule has 9 atom stereocenters. The predicted octanol–water partition coefficient (Wildman–Crippen LogP) is 4.35. The number of nitrogens with one attached hydrogen (secondary N) is 1. The van der Waals surface area contributed by atoms with Crippen molar-refractivity contribution in [2.45, 2.75) is 85.6 Å². The van der Waals surface area contributed by atoms with Crippen LogP contribution in [0.1, 0.15) is 85.1 Å². The number of ketones is 3. The number of phenolic OH excluding ortho intramolecular Hbond substituents is 1. The van der Waals surface area contributed by atoms with Gasteiger partial charge >= 0.3 is 11.8 Å². The lowest BCUT2D eigenvalue weighted by Crippen LogP contribution is -2.46. The van der Waals surface area contributed by atoms with Crippen LogP contribution in [0.3, 0.4) is 0 Å². The van der Waals surface area contributed by atoms with Crippen LogP contribution in [-0.4, -0.2) is 81.9 Å². The minimum absolute atomic E-state index is 0.00400. The molecule has 5 rings (SSSR count). The lowest BCUT2D eigenvalue weighted by Gasteiger charge is -2.38. The molecule has 0 saturated carbocycles. The number of Topliss-reactive ketones (excluding diaryl/α,β-unsaturated/α-hetero) is 3. The summed E-state index contributed by atoms with van der Waals surface area (Å²) in [6, 6.07) is 0. The zero-order valence-electron chi connectivity index (χ0n) is 29.9. The first-order valence-corrected chi connectivity index (χ1v) is 17.3. The van der Waals surface area contributed by atoms with Crippen LogP contribution in [0.2, 0.25) is 0 Å². The van der Waals surface area contributed by atoms with Crippen molar-refractivity contribution < 1.29 is 58.2 Å². The van der Waals surface area contributed by atoms with E-state index in [0.717, 1.165) is 6.26 Å². The largest absolute Gasteiger partial charge is 0.507 e. The van der Waals surface area contributed by atoms with Gasteiger partial charge in [0.25, 0.3) is 11.7 Å². The molecule has 0 aromatic heterocycles. The van der Waals surface area contributed by atoms with Crippen molar-refractivity contribution in [3.05, 3.63) is 68.6 Å². The number of aromatic hydroxyl groups is 1. The Balaban J connectivity index is 1.86. The average molecular weight is 775 g/mol. The van der Waals surface area contributed by atoms with Gasteiger partial charge in [0.1, 0.15) is 23.3 Å². The van der Waals surface area contributed by atoms with E-state index in [0.29, 0.717) is 0 Å². The number of aliphatic hydroxyl groups is 2. The number of amides is 1. The summed E-state index contributed by atoms with van der Waals surface area (Å²) in [4.78, 5) is 67.0. The fourth-order valence-electron chi connectivity index (χ4n) is 6.66. The summed E-state index contributed by atoms with van der Waals surface area (Å²) in [6.45, 7) is 12.3. The first-order valence-electron chi connectivity index (χ1n) is 16.5. The molecule has 0 unspecified atom stereocenters. The van der Waals surface area contributed by atoms with Gasteiger partial charge in [-0.15, -0.1) is 0 Å². The van der Waals surface area contributed by atoms with Gasteiger partial charge in [0, 0.05) is 55.8 Å². The lowest BCUT2D eigenvalue weighted by molar-refractivity contribution is -0.160. The maximum Gasteiger partial charge on any atom is 0.312 e. The topological polar surface area (TPSA) is 195 Å². The number of carbonyl (C=O) groups is 5. The second-order valence-corrected chi connectivity index (χ2v) is 14.3. The van der Waals surface area contributed by atoms with Crippen molar-refractivity contribution in [2.24, 2.45) is 23.7 Å². The molecular weight excluding hydrogens is 730 g/mol. The summed E-state index contributed by atoms with van der Waals surface area (Å²) in [5, 5.41) is 36.2. The molecule has 1 aromatic carbocycles. The monoisotopic (exact) mass is 773 g/mol. The molecule has 51 heavy (non-hydrogen) atoms. The van der Waals surface area contributed by atoms with E-state index in [4.69, 9.17) is 18.9 Å². The van der Waals surface area contributed by atoms with E-state index in [1.165, 1.54) is 47.0 Å². The van der Waals surface area contributed by atoms with Crippen LogP contribution < -0.4 is 10.1 Å². The summed E-state index contributed by atoms with van der Waals surface area (Å²) < 4.78 is 22.8. The molecule has 3 aliphatic heterocycles. The molecule has 1 aromatic rings. The van der Waals surface area contributed by atoms with Crippen LogP contribution in [0.5, 0.6) is 11.5 Å². The van der Waals surface area contributed by atoms with E-state index in [-0.39, 0.29) is 26.9 Å². The smallest absolute Gasteiger partial charge is 0.312 e. The minimum atomic E-state index is -2.05. The molecule has 4 aliphatic rings. The molecule has 0 fully saturated rings. The standard InChI is InChI=1S/C37H44BrNO12/c1-15-11-10-12-16(2)36(47)39-27-26(38)31(44)23-24(32(27)45)30(43)20(6)34-25(23)35(46)37(8,51-34)49-14-13-22(48-9)17(3)33(50-21(7)40)19(5)29(42)18(4)28(15)41/h10-15,17-19,22,28-29,33,41-43H,1-9H3,(H,39,47)/b11-10+,14-13+,16-12-/t15-,17+,18+,19+,22-,28-,29+,33+,37-/m0/s1. The number of hydrogen-bond donors (Lipinski definition) is 4. The van der Waals surface area contributed by atoms with Gasteiger partial charge in [0.2, 0.25) is 11.6 Å². The third kappa shape index (κ3) is 7.32. The highest BCUT2D eigenvalue weighted by Gasteiger charge is 2.52. The number of aliphatic hydroxyl groups excluding tert-OH is 2. The second kappa shape index (κ2) is 15.2. The van der Waals surface area contributed by atoms with E-state index in [9.17, 15) is 39.3 Å². The van der Waals surface area contributed by atoms with Crippen molar-refractivity contribution in [3.63, 3.8) is 0 Å². The molecular formula is C37H44BrNO12. The molecule has 14 heteroatoms. The number of allylic oxidation sites excluding steroid dienone is 4. The highest BCUT2D eigenvalue weighted by molar-refractivity contribution is 9.12. The zero-order chi connectivity index (χ0) is 38.3. The van der Waals surface area contributed by atoms with Gasteiger partial charge in [-0.1, -0.05) is 45.9 Å². The predicted molar refractivity (Wildman–Crippen MR) is 187 cm³/mol. The van der Waals surface area contributed by atoms with Crippen molar-refractivity contribution in [2.75, 3.05) is 7.11 Å². The molecule has 276 valence electrons. The number of fused-ring (bicyclic) bond motifs is 14. The number of phenols is 1. The van der Waals surface area contributed by atoms with E-state index in [1.807, 2.05) is 0 Å². The average Bonchev–Trinajstić information content (AvgIpc) is 3.35. The Bertz CT molecular complexity index is 1780. The number of ether oxygens (including phenoxy) is 4. The number of carbonyl (C=O) groups excluding carboxylic acids is 5. The van der Waals surface area contributed by atoms with E-state index < -0.39 is 106 Å². The summed E-state index contributed by atoms with van der Waals surface area (Å²) in [6.07, 6.45) is 3.37. The quantitative estimate of drug-likeness (QED) is 0.311. The van der Waals surface area contributed by atoms with Crippen LogP contribution in [0.15, 0.2) is 46.3 Å². The third-order valence-corrected chi connectivity index (χ3v) is 10.7.